The molecule has 3 aromatic carbocycles. The molecular weight excluding hydrogens is 431 g/mol. The number of hydrogen-bond acceptors (Lipinski definition) is 4. The minimum atomic E-state index is -4.77. The second-order valence-corrected chi connectivity index (χ2v) is 7.29. The standard InChI is InChI=1S/C26H24F3NO3/c1-2-17-32-25(31)23(18-19-13-15-22(16-14-19)33-26(27,28)29)30-24(20-9-5-3-6-10-20)21-11-7-4-8-12-21/h3-16,23H,2,17-18H2,1H3/t23-/m0/s1. The number of carbonyl (C=O) groups excluding carboxylic acids is 1. The molecule has 0 saturated heterocycles. The van der Waals surface area contributed by atoms with Gasteiger partial charge in [-0.3, -0.25) is 4.99 Å². The van der Waals surface area contributed by atoms with Crippen molar-refractivity contribution in [3.05, 3.63) is 102 Å². The molecule has 0 heterocycles. The summed E-state index contributed by atoms with van der Waals surface area (Å²) in [7, 11) is 0. The van der Waals surface area contributed by atoms with Gasteiger partial charge in [-0.1, -0.05) is 79.7 Å². The van der Waals surface area contributed by atoms with Crippen molar-refractivity contribution in [2.75, 3.05) is 6.61 Å². The predicted octanol–water partition coefficient (Wildman–Crippen LogP) is 5.99. The lowest BCUT2D eigenvalue weighted by Gasteiger charge is -2.16. The summed E-state index contributed by atoms with van der Waals surface area (Å²) in [5.74, 6) is -0.814. The third kappa shape index (κ3) is 7.49. The molecule has 0 aliphatic rings. The average molecular weight is 455 g/mol. The third-order valence-corrected chi connectivity index (χ3v) is 4.69. The normalized spacial score (nSPS) is 12.0. The van der Waals surface area contributed by atoms with Crippen molar-refractivity contribution in [1.29, 1.82) is 0 Å². The Labute approximate surface area is 190 Å². The first kappa shape index (κ1) is 24.0. The molecule has 7 heteroatoms. The Morgan fingerprint density at radius 1 is 0.879 bits per heavy atom. The zero-order chi connectivity index (χ0) is 23.7. The molecule has 3 rings (SSSR count). The highest BCUT2D eigenvalue weighted by molar-refractivity contribution is 6.13. The highest BCUT2D eigenvalue weighted by Crippen LogP contribution is 2.23. The van der Waals surface area contributed by atoms with E-state index < -0.39 is 18.4 Å². The zero-order valence-electron chi connectivity index (χ0n) is 18.1. The molecule has 172 valence electrons. The van der Waals surface area contributed by atoms with E-state index in [1.54, 1.807) is 0 Å². The predicted molar refractivity (Wildman–Crippen MR) is 120 cm³/mol. The minimum absolute atomic E-state index is 0.165. The largest absolute Gasteiger partial charge is 0.573 e. The lowest BCUT2D eigenvalue weighted by molar-refractivity contribution is -0.274. The van der Waals surface area contributed by atoms with Gasteiger partial charge in [-0.2, -0.15) is 0 Å². The quantitative estimate of drug-likeness (QED) is 0.294. The molecule has 0 amide bonds. The summed E-state index contributed by atoms with van der Waals surface area (Å²) in [6.07, 6.45) is -3.94. The van der Waals surface area contributed by atoms with Gasteiger partial charge in [0.05, 0.1) is 12.3 Å². The van der Waals surface area contributed by atoms with E-state index in [1.807, 2.05) is 67.6 Å². The zero-order valence-corrected chi connectivity index (χ0v) is 18.1. The maximum atomic E-state index is 12.9. The van der Waals surface area contributed by atoms with Crippen LogP contribution in [0.2, 0.25) is 0 Å². The van der Waals surface area contributed by atoms with E-state index in [4.69, 9.17) is 9.73 Å². The van der Waals surface area contributed by atoms with Crippen LogP contribution in [0, 0.1) is 0 Å². The highest BCUT2D eigenvalue weighted by atomic mass is 19.4. The van der Waals surface area contributed by atoms with Gasteiger partial charge in [-0.25, -0.2) is 4.79 Å². The molecule has 0 radical (unpaired) electrons. The lowest BCUT2D eigenvalue weighted by atomic mass is 10.0. The molecule has 0 aromatic heterocycles. The summed E-state index contributed by atoms with van der Waals surface area (Å²) >= 11 is 0. The Balaban J connectivity index is 1.95. The molecule has 1 atom stereocenters. The molecule has 33 heavy (non-hydrogen) atoms. The molecule has 0 unspecified atom stereocenters. The third-order valence-electron chi connectivity index (χ3n) is 4.69. The second kappa shape index (κ2) is 11.3. The number of benzene rings is 3. The first-order chi connectivity index (χ1) is 15.9. The Hall–Kier alpha value is -3.61. The molecule has 0 spiro atoms. The van der Waals surface area contributed by atoms with Gasteiger partial charge in [0.2, 0.25) is 0 Å². The number of alkyl halides is 3. The van der Waals surface area contributed by atoms with E-state index in [0.717, 1.165) is 11.1 Å². The SMILES string of the molecule is CCCOC(=O)[C@H](Cc1ccc(OC(F)(F)F)cc1)N=C(c1ccccc1)c1ccccc1. The highest BCUT2D eigenvalue weighted by Gasteiger charge is 2.31. The van der Waals surface area contributed by atoms with Gasteiger partial charge < -0.3 is 9.47 Å². The Bertz CT molecular complexity index is 1010. The summed E-state index contributed by atoms with van der Waals surface area (Å²) in [5.41, 5.74) is 2.94. The Morgan fingerprint density at radius 2 is 1.42 bits per heavy atom. The van der Waals surface area contributed by atoms with Crippen molar-refractivity contribution in [3.8, 4) is 5.75 Å². The van der Waals surface area contributed by atoms with E-state index in [1.165, 1.54) is 24.3 Å². The summed E-state index contributed by atoms with van der Waals surface area (Å²) < 4.78 is 46.6. The molecule has 0 aliphatic carbocycles. The summed E-state index contributed by atoms with van der Waals surface area (Å²) in [4.78, 5) is 17.6. The van der Waals surface area contributed by atoms with Crippen LogP contribution in [0.5, 0.6) is 5.75 Å². The van der Waals surface area contributed by atoms with Crippen LogP contribution in [0.1, 0.15) is 30.0 Å². The van der Waals surface area contributed by atoms with E-state index in [0.29, 0.717) is 17.7 Å². The first-order valence-electron chi connectivity index (χ1n) is 10.6. The fraction of sp³-hybridized carbons (Fsp3) is 0.231. The topological polar surface area (TPSA) is 47.9 Å². The van der Waals surface area contributed by atoms with Crippen LogP contribution in [0.3, 0.4) is 0 Å². The van der Waals surface area contributed by atoms with Crippen LogP contribution in [-0.2, 0) is 16.0 Å². The molecule has 4 nitrogen and oxygen atoms in total. The van der Waals surface area contributed by atoms with Crippen LogP contribution < -0.4 is 4.74 Å². The van der Waals surface area contributed by atoms with Crippen molar-refractivity contribution in [3.63, 3.8) is 0 Å². The summed E-state index contributed by atoms with van der Waals surface area (Å²) in [5, 5.41) is 0. The summed E-state index contributed by atoms with van der Waals surface area (Å²) in [6, 6.07) is 23.5. The second-order valence-electron chi connectivity index (χ2n) is 7.29. The van der Waals surface area contributed by atoms with Crippen molar-refractivity contribution in [2.24, 2.45) is 4.99 Å². The van der Waals surface area contributed by atoms with Crippen molar-refractivity contribution >= 4 is 11.7 Å². The molecule has 0 N–H and O–H groups in total. The van der Waals surface area contributed by atoms with Gasteiger partial charge in [-0.05, 0) is 24.1 Å². The number of hydrogen-bond donors (Lipinski definition) is 0. The van der Waals surface area contributed by atoms with E-state index in [9.17, 15) is 18.0 Å². The monoisotopic (exact) mass is 455 g/mol. The van der Waals surface area contributed by atoms with E-state index in [2.05, 4.69) is 4.74 Å². The van der Waals surface area contributed by atoms with Crippen LogP contribution >= 0.6 is 0 Å². The smallest absolute Gasteiger partial charge is 0.464 e. The number of nitrogens with zero attached hydrogens (tertiary/aromatic N) is 1. The molecule has 0 saturated carbocycles. The van der Waals surface area contributed by atoms with Crippen LogP contribution in [0.15, 0.2) is 89.9 Å². The van der Waals surface area contributed by atoms with E-state index in [-0.39, 0.29) is 18.8 Å². The molecule has 0 aliphatic heterocycles. The number of aliphatic imine (C=N–C) groups is 1. The van der Waals surface area contributed by atoms with Crippen molar-refractivity contribution < 1.29 is 27.4 Å². The van der Waals surface area contributed by atoms with Gasteiger partial charge >= 0.3 is 12.3 Å². The van der Waals surface area contributed by atoms with Crippen molar-refractivity contribution in [1.82, 2.24) is 0 Å². The Morgan fingerprint density at radius 3 is 1.91 bits per heavy atom. The van der Waals surface area contributed by atoms with E-state index >= 15 is 0 Å². The number of carbonyl (C=O) groups is 1. The molecule has 0 fully saturated rings. The molecule has 3 aromatic rings. The van der Waals surface area contributed by atoms with Crippen molar-refractivity contribution in [2.45, 2.75) is 32.2 Å². The molecular formula is C26H24F3NO3. The number of halogens is 3. The van der Waals surface area contributed by atoms with Crippen LogP contribution in [-0.4, -0.2) is 30.7 Å². The van der Waals surface area contributed by atoms with Gasteiger partial charge in [0.25, 0.3) is 0 Å². The molecule has 0 bridgehead atoms. The average Bonchev–Trinajstić information content (AvgIpc) is 2.81. The minimum Gasteiger partial charge on any atom is -0.464 e. The number of esters is 1. The summed E-state index contributed by atoms with van der Waals surface area (Å²) in [6.45, 7) is 2.15. The lowest BCUT2D eigenvalue weighted by Crippen LogP contribution is -2.26. The maximum absolute atomic E-state index is 12.9. The number of rotatable bonds is 9. The Kier molecular flexibility index (Phi) is 8.24. The number of ether oxygens (including phenoxy) is 2. The van der Waals surface area contributed by atoms with Gasteiger partial charge in [0.1, 0.15) is 5.75 Å². The fourth-order valence-corrected chi connectivity index (χ4v) is 3.19. The van der Waals surface area contributed by atoms with Gasteiger partial charge in [0, 0.05) is 17.5 Å². The van der Waals surface area contributed by atoms with Crippen LogP contribution in [0.25, 0.3) is 0 Å². The van der Waals surface area contributed by atoms with Crippen LogP contribution in [0.4, 0.5) is 13.2 Å². The fourth-order valence-electron chi connectivity index (χ4n) is 3.19. The first-order valence-corrected chi connectivity index (χ1v) is 10.6. The van der Waals surface area contributed by atoms with Gasteiger partial charge in [-0.15, -0.1) is 13.2 Å². The van der Waals surface area contributed by atoms with Gasteiger partial charge in [0.15, 0.2) is 6.04 Å². The maximum Gasteiger partial charge on any atom is 0.573 e.